The number of aliphatic hydroxyl groups excluding tert-OH is 1. The first-order valence-corrected chi connectivity index (χ1v) is 10.0. The van der Waals surface area contributed by atoms with Crippen LogP contribution >= 0.6 is 0 Å². The van der Waals surface area contributed by atoms with E-state index in [-0.39, 0.29) is 5.57 Å². The summed E-state index contributed by atoms with van der Waals surface area (Å²) in [5.74, 6) is -1.43. The van der Waals surface area contributed by atoms with Crippen LogP contribution in [0.25, 0.3) is 6.08 Å². The van der Waals surface area contributed by atoms with E-state index in [2.05, 4.69) is 9.97 Å². The number of amides is 1. The lowest BCUT2D eigenvalue weighted by atomic mass is 9.96. The number of aliphatic hydroxyl groups is 1. The molecule has 1 aliphatic rings. The van der Waals surface area contributed by atoms with Crippen molar-refractivity contribution in [2.24, 2.45) is 0 Å². The summed E-state index contributed by atoms with van der Waals surface area (Å²) in [5, 5.41) is 10.6. The second-order valence-corrected chi connectivity index (χ2v) is 7.21. The van der Waals surface area contributed by atoms with Gasteiger partial charge >= 0.3 is 0 Å². The summed E-state index contributed by atoms with van der Waals surface area (Å²) in [7, 11) is 0. The van der Waals surface area contributed by atoms with Crippen LogP contribution in [-0.4, -0.2) is 42.8 Å². The SMILES string of the molecule is O=C(/C=C/c1ccccc1)C1=C(O)C(=O)N(CCCn2ccnc2)C1c1ccncc1. The standard InChI is InChI=1S/C24H22N4O3/c29-20(8-7-18-5-2-1-3-6-18)21-22(19-9-11-25-12-10-19)28(24(31)23(21)30)15-4-14-27-16-13-26-17-27/h1-3,5-13,16-17,22,30H,4,14-15H2/b8-7+. The number of ketones is 1. The molecule has 0 fully saturated rings. The molecule has 1 aromatic carbocycles. The van der Waals surface area contributed by atoms with Crippen LogP contribution in [0.5, 0.6) is 0 Å². The first kappa shape index (κ1) is 20.3. The van der Waals surface area contributed by atoms with E-state index in [0.29, 0.717) is 19.5 Å². The summed E-state index contributed by atoms with van der Waals surface area (Å²) in [6.07, 6.45) is 12.2. The second-order valence-electron chi connectivity index (χ2n) is 7.21. The predicted octanol–water partition coefficient (Wildman–Crippen LogP) is 3.35. The summed E-state index contributed by atoms with van der Waals surface area (Å²) in [4.78, 5) is 35.5. The number of carbonyl (C=O) groups is 2. The molecular weight excluding hydrogens is 392 g/mol. The minimum absolute atomic E-state index is 0.0889. The smallest absolute Gasteiger partial charge is 0.290 e. The van der Waals surface area contributed by atoms with E-state index in [1.807, 2.05) is 41.1 Å². The number of nitrogens with zero attached hydrogens (tertiary/aromatic N) is 4. The summed E-state index contributed by atoms with van der Waals surface area (Å²) in [5.41, 5.74) is 1.68. The zero-order valence-corrected chi connectivity index (χ0v) is 16.8. The predicted molar refractivity (Wildman–Crippen MR) is 116 cm³/mol. The van der Waals surface area contributed by atoms with Crippen molar-refractivity contribution in [2.75, 3.05) is 6.54 Å². The number of pyridine rings is 1. The monoisotopic (exact) mass is 414 g/mol. The van der Waals surface area contributed by atoms with Gasteiger partial charge in [-0.15, -0.1) is 0 Å². The minimum atomic E-state index is -0.661. The summed E-state index contributed by atoms with van der Waals surface area (Å²) in [6, 6.07) is 12.3. The van der Waals surface area contributed by atoms with E-state index in [9.17, 15) is 14.7 Å². The number of imidazole rings is 1. The van der Waals surface area contributed by atoms with Crippen LogP contribution in [0.15, 0.2) is 91.0 Å². The molecule has 0 radical (unpaired) electrons. The van der Waals surface area contributed by atoms with Gasteiger partial charge in [0.1, 0.15) is 0 Å². The lowest BCUT2D eigenvalue weighted by Crippen LogP contribution is -2.32. The van der Waals surface area contributed by atoms with Gasteiger partial charge in [0.05, 0.1) is 17.9 Å². The Bertz CT molecular complexity index is 1110. The molecule has 0 bridgehead atoms. The Kier molecular flexibility index (Phi) is 6.03. The highest BCUT2D eigenvalue weighted by molar-refractivity contribution is 6.14. The quantitative estimate of drug-likeness (QED) is 0.571. The van der Waals surface area contributed by atoms with Gasteiger partial charge < -0.3 is 14.6 Å². The zero-order valence-electron chi connectivity index (χ0n) is 16.8. The molecule has 0 saturated heterocycles. The van der Waals surface area contributed by atoms with Gasteiger partial charge in [0, 0.05) is 37.9 Å². The average Bonchev–Trinajstić information content (AvgIpc) is 3.41. The highest BCUT2D eigenvalue weighted by atomic mass is 16.3. The van der Waals surface area contributed by atoms with E-state index in [1.165, 1.54) is 6.08 Å². The molecule has 0 aliphatic carbocycles. The fourth-order valence-corrected chi connectivity index (χ4v) is 3.70. The molecule has 31 heavy (non-hydrogen) atoms. The van der Waals surface area contributed by atoms with E-state index in [4.69, 9.17) is 0 Å². The van der Waals surface area contributed by atoms with Gasteiger partial charge in [-0.05, 0) is 35.8 Å². The summed E-state index contributed by atoms with van der Waals surface area (Å²) in [6.45, 7) is 1.05. The highest BCUT2D eigenvalue weighted by Gasteiger charge is 2.42. The van der Waals surface area contributed by atoms with Crippen LogP contribution in [0.4, 0.5) is 0 Å². The van der Waals surface area contributed by atoms with Crippen LogP contribution in [0, 0.1) is 0 Å². The number of carbonyl (C=O) groups excluding carboxylic acids is 2. The van der Waals surface area contributed by atoms with Crippen molar-refractivity contribution in [1.82, 2.24) is 19.4 Å². The third-order valence-corrected chi connectivity index (χ3v) is 5.19. The van der Waals surface area contributed by atoms with Crippen LogP contribution < -0.4 is 0 Å². The van der Waals surface area contributed by atoms with Crippen molar-refractivity contribution < 1.29 is 14.7 Å². The molecule has 4 rings (SSSR count). The number of aryl methyl sites for hydroxylation is 1. The number of hydrogen-bond acceptors (Lipinski definition) is 5. The number of hydrogen-bond donors (Lipinski definition) is 1. The average molecular weight is 414 g/mol. The van der Waals surface area contributed by atoms with Crippen molar-refractivity contribution in [1.29, 1.82) is 0 Å². The van der Waals surface area contributed by atoms with E-state index in [1.54, 1.807) is 48.0 Å². The molecule has 1 N–H and O–H groups in total. The number of benzene rings is 1. The Hall–Kier alpha value is -4.00. The second kappa shape index (κ2) is 9.21. The fraction of sp³-hybridized carbons (Fsp3) is 0.167. The van der Waals surface area contributed by atoms with Crippen LogP contribution in [0.1, 0.15) is 23.6 Å². The third-order valence-electron chi connectivity index (χ3n) is 5.19. The fourth-order valence-electron chi connectivity index (χ4n) is 3.70. The minimum Gasteiger partial charge on any atom is -0.503 e. The third kappa shape index (κ3) is 4.45. The maximum atomic E-state index is 13.1. The normalized spacial score (nSPS) is 16.5. The van der Waals surface area contributed by atoms with Crippen molar-refractivity contribution in [2.45, 2.75) is 19.0 Å². The Morgan fingerprint density at radius 1 is 1.03 bits per heavy atom. The van der Waals surface area contributed by atoms with Gasteiger partial charge in [-0.2, -0.15) is 0 Å². The molecule has 1 amide bonds. The molecule has 3 aromatic rings. The van der Waals surface area contributed by atoms with Crippen molar-refractivity contribution in [3.63, 3.8) is 0 Å². The highest BCUT2D eigenvalue weighted by Crippen LogP contribution is 2.37. The van der Waals surface area contributed by atoms with Gasteiger partial charge in [0.2, 0.25) is 0 Å². The Morgan fingerprint density at radius 2 is 1.81 bits per heavy atom. The number of aromatic nitrogens is 3. The Morgan fingerprint density at radius 3 is 2.52 bits per heavy atom. The maximum absolute atomic E-state index is 13.1. The summed E-state index contributed by atoms with van der Waals surface area (Å²) < 4.78 is 1.92. The van der Waals surface area contributed by atoms with Gasteiger partial charge in [-0.25, -0.2) is 4.98 Å². The first-order chi connectivity index (χ1) is 15.1. The number of allylic oxidation sites excluding steroid dienone is 1. The molecule has 7 heteroatoms. The van der Waals surface area contributed by atoms with Gasteiger partial charge in [-0.1, -0.05) is 36.4 Å². The molecule has 1 atom stereocenters. The molecule has 0 saturated carbocycles. The van der Waals surface area contributed by atoms with E-state index < -0.39 is 23.5 Å². The van der Waals surface area contributed by atoms with Gasteiger partial charge in [-0.3, -0.25) is 14.6 Å². The van der Waals surface area contributed by atoms with Crippen LogP contribution in [0.3, 0.4) is 0 Å². The molecule has 7 nitrogen and oxygen atoms in total. The number of rotatable bonds is 8. The molecular formula is C24H22N4O3. The Balaban J connectivity index is 1.59. The van der Waals surface area contributed by atoms with Gasteiger partial charge in [0.15, 0.2) is 11.5 Å². The van der Waals surface area contributed by atoms with Crippen molar-refractivity contribution in [3.8, 4) is 0 Å². The van der Waals surface area contributed by atoms with Crippen LogP contribution in [-0.2, 0) is 16.1 Å². The zero-order chi connectivity index (χ0) is 21.6. The molecule has 156 valence electrons. The lowest BCUT2D eigenvalue weighted by molar-refractivity contribution is -0.129. The first-order valence-electron chi connectivity index (χ1n) is 10.0. The van der Waals surface area contributed by atoms with Crippen molar-refractivity contribution in [3.05, 3.63) is 102 Å². The summed E-state index contributed by atoms with van der Waals surface area (Å²) >= 11 is 0. The largest absolute Gasteiger partial charge is 0.503 e. The lowest BCUT2D eigenvalue weighted by Gasteiger charge is -2.26. The van der Waals surface area contributed by atoms with Crippen LogP contribution in [0.2, 0.25) is 0 Å². The van der Waals surface area contributed by atoms with Gasteiger partial charge in [0.25, 0.3) is 5.91 Å². The topological polar surface area (TPSA) is 88.3 Å². The molecule has 0 spiro atoms. The maximum Gasteiger partial charge on any atom is 0.290 e. The molecule has 1 unspecified atom stereocenters. The van der Waals surface area contributed by atoms with E-state index in [0.717, 1.165) is 11.1 Å². The molecule has 3 heterocycles. The van der Waals surface area contributed by atoms with Crippen molar-refractivity contribution >= 4 is 17.8 Å². The Labute approximate surface area is 180 Å². The molecule has 1 aliphatic heterocycles. The molecule has 2 aromatic heterocycles. The van der Waals surface area contributed by atoms with E-state index >= 15 is 0 Å².